The third-order valence-electron chi connectivity index (χ3n) is 3.51. The third-order valence-corrected chi connectivity index (χ3v) is 5.51. The molecule has 0 aliphatic heterocycles. The summed E-state index contributed by atoms with van der Waals surface area (Å²) >= 11 is 1.000. The Labute approximate surface area is 171 Å². The second-order valence-electron chi connectivity index (χ2n) is 5.64. The Balaban J connectivity index is 2.06. The fourth-order valence-corrected chi connectivity index (χ4v) is 3.71. The maximum absolute atomic E-state index is 12.7. The maximum Gasteiger partial charge on any atom is 0.534 e. The van der Waals surface area contributed by atoms with Crippen LogP contribution in [0.1, 0.15) is 0 Å². The number of anilines is 1. The predicted molar refractivity (Wildman–Crippen MR) is 103 cm³/mol. The highest BCUT2D eigenvalue weighted by molar-refractivity contribution is 7.88. The van der Waals surface area contributed by atoms with Crippen LogP contribution in [0.25, 0.3) is 21.5 Å². The molecule has 30 heavy (non-hydrogen) atoms. The molecule has 2 aromatic heterocycles. The summed E-state index contributed by atoms with van der Waals surface area (Å²) in [5.74, 6) is -0.609. The molecule has 0 saturated heterocycles. The topological polar surface area (TPSA) is 131 Å². The van der Waals surface area contributed by atoms with E-state index in [1.165, 1.54) is 6.20 Å². The van der Waals surface area contributed by atoms with Gasteiger partial charge in [0.1, 0.15) is 5.75 Å². The number of hydrogen-bond acceptors (Lipinski definition) is 8. The number of amides is 2. The van der Waals surface area contributed by atoms with Crippen molar-refractivity contribution in [1.29, 1.82) is 0 Å². The fourth-order valence-electron chi connectivity index (χ4n) is 2.31. The van der Waals surface area contributed by atoms with Gasteiger partial charge in [0, 0.05) is 24.4 Å². The van der Waals surface area contributed by atoms with Gasteiger partial charge in [-0.3, -0.25) is 10.3 Å². The normalized spacial score (nSPS) is 12.0. The second-order valence-corrected chi connectivity index (χ2v) is 8.18. The average molecular weight is 462 g/mol. The highest BCUT2D eigenvalue weighted by Gasteiger charge is 2.48. The van der Waals surface area contributed by atoms with Crippen molar-refractivity contribution in [2.75, 3.05) is 18.5 Å². The van der Waals surface area contributed by atoms with Crippen LogP contribution in [0.5, 0.6) is 5.75 Å². The van der Waals surface area contributed by atoms with Gasteiger partial charge in [-0.1, -0.05) is 17.4 Å². The van der Waals surface area contributed by atoms with E-state index in [0.29, 0.717) is 10.4 Å². The molecule has 2 heterocycles. The molecule has 14 heteroatoms. The monoisotopic (exact) mass is 462 g/mol. The number of benzene rings is 1. The summed E-state index contributed by atoms with van der Waals surface area (Å²) in [6.07, 6.45) is 1.45. The molecule has 1 aromatic carbocycles. The number of nitrogens with zero attached hydrogens (tertiary/aromatic N) is 2. The summed E-state index contributed by atoms with van der Waals surface area (Å²) in [5, 5.41) is 13.6. The Morgan fingerprint density at radius 1 is 1.27 bits per heavy atom. The number of urea groups is 1. The predicted octanol–water partition coefficient (Wildman–Crippen LogP) is 2.70. The number of nitrogens with one attached hydrogen (secondary N) is 2. The van der Waals surface area contributed by atoms with E-state index in [4.69, 9.17) is 5.11 Å². The second kappa shape index (κ2) is 8.41. The Bertz CT molecular complexity index is 1170. The van der Waals surface area contributed by atoms with Crippen LogP contribution < -0.4 is 14.8 Å². The van der Waals surface area contributed by atoms with Crippen LogP contribution in [-0.2, 0) is 10.1 Å². The maximum atomic E-state index is 12.7. The number of carbonyl (C=O) groups excluding carboxylic acids is 1. The molecule has 3 N–H and O–H groups in total. The first-order valence-corrected chi connectivity index (χ1v) is 10.4. The Morgan fingerprint density at radius 2 is 2.03 bits per heavy atom. The van der Waals surface area contributed by atoms with Crippen LogP contribution in [0.4, 0.5) is 23.1 Å². The molecule has 0 unspecified atom stereocenters. The molecule has 0 radical (unpaired) electrons. The lowest BCUT2D eigenvalue weighted by molar-refractivity contribution is -0.0500. The van der Waals surface area contributed by atoms with E-state index in [9.17, 15) is 26.4 Å². The number of rotatable bonds is 6. The summed E-state index contributed by atoms with van der Waals surface area (Å²) in [6.45, 7) is -0.269. The largest absolute Gasteiger partial charge is 0.534 e. The van der Waals surface area contributed by atoms with Gasteiger partial charge in [-0.15, -0.1) is 0 Å². The Kier molecular flexibility index (Phi) is 6.09. The molecule has 0 saturated carbocycles. The number of hydrogen-bond donors (Lipinski definition) is 3. The molecular weight excluding hydrogens is 449 g/mol. The van der Waals surface area contributed by atoms with Crippen LogP contribution in [0.15, 0.2) is 36.5 Å². The number of fused-ring (bicyclic) bond motifs is 1. The van der Waals surface area contributed by atoms with Gasteiger partial charge >= 0.3 is 21.7 Å². The van der Waals surface area contributed by atoms with Gasteiger partial charge in [0.25, 0.3) is 0 Å². The van der Waals surface area contributed by atoms with Gasteiger partial charge in [-0.25, -0.2) is 9.78 Å². The van der Waals surface area contributed by atoms with Crippen molar-refractivity contribution in [3.8, 4) is 17.0 Å². The minimum Gasteiger partial charge on any atom is -0.395 e. The lowest BCUT2D eigenvalue weighted by Crippen LogP contribution is -2.30. The first-order chi connectivity index (χ1) is 14.1. The fraction of sp³-hybridized carbons (Fsp3) is 0.188. The van der Waals surface area contributed by atoms with Gasteiger partial charge in [-0.2, -0.15) is 21.6 Å². The standard InChI is InChI=1S/C16H13F3N4O5S2/c17-16(18,19)30(26,27)28-9-7-10(11-3-1-2-4-20-11)13-12(8-9)22-15(29-13)23-14(25)21-5-6-24/h1-4,7-8,24H,5-6H2,(H2,21,22,23,25). The first-order valence-electron chi connectivity index (χ1n) is 8.13. The smallest absolute Gasteiger partial charge is 0.395 e. The van der Waals surface area contributed by atoms with Crippen LogP contribution >= 0.6 is 11.3 Å². The van der Waals surface area contributed by atoms with E-state index >= 15 is 0 Å². The van der Waals surface area contributed by atoms with E-state index in [0.717, 1.165) is 23.5 Å². The molecule has 3 rings (SSSR count). The summed E-state index contributed by atoms with van der Waals surface area (Å²) in [7, 11) is -5.89. The quantitative estimate of drug-likeness (QED) is 0.379. The van der Waals surface area contributed by atoms with Crippen molar-refractivity contribution in [3.63, 3.8) is 0 Å². The van der Waals surface area contributed by atoms with Crippen LogP contribution in [0.2, 0.25) is 0 Å². The number of carbonyl (C=O) groups is 1. The van der Waals surface area contributed by atoms with Crippen molar-refractivity contribution in [2.24, 2.45) is 0 Å². The van der Waals surface area contributed by atoms with Crippen LogP contribution in [0, 0.1) is 0 Å². The van der Waals surface area contributed by atoms with Crippen LogP contribution in [0.3, 0.4) is 0 Å². The number of thiazole rings is 1. The van der Waals surface area contributed by atoms with Gasteiger partial charge in [0.2, 0.25) is 0 Å². The molecule has 0 spiro atoms. The minimum atomic E-state index is -5.89. The zero-order valence-electron chi connectivity index (χ0n) is 14.8. The summed E-state index contributed by atoms with van der Waals surface area (Å²) in [6, 6.07) is 6.29. The van der Waals surface area contributed by atoms with Gasteiger partial charge in [0.15, 0.2) is 5.13 Å². The Hall–Kier alpha value is -2.97. The van der Waals surface area contributed by atoms with Gasteiger partial charge < -0.3 is 14.6 Å². The molecule has 9 nitrogen and oxygen atoms in total. The van der Waals surface area contributed by atoms with Crippen molar-refractivity contribution < 1.29 is 35.7 Å². The molecule has 0 atom stereocenters. The highest BCUT2D eigenvalue weighted by Crippen LogP contribution is 2.38. The number of pyridine rings is 1. The van der Waals surface area contributed by atoms with Crippen LogP contribution in [-0.4, -0.2) is 48.2 Å². The SMILES string of the molecule is O=C(NCCO)Nc1nc2cc(OS(=O)(=O)C(F)(F)F)cc(-c3ccccn3)c2s1. The highest BCUT2D eigenvalue weighted by atomic mass is 32.2. The number of halogens is 3. The molecule has 3 aromatic rings. The number of aromatic nitrogens is 2. The van der Waals surface area contributed by atoms with E-state index < -0.39 is 27.4 Å². The summed E-state index contributed by atoms with van der Waals surface area (Å²) in [5.41, 5.74) is -4.92. The van der Waals surface area contributed by atoms with Crippen molar-refractivity contribution in [2.45, 2.75) is 5.51 Å². The minimum absolute atomic E-state index is 0.00318. The van der Waals surface area contributed by atoms with E-state index in [1.54, 1.807) is 18.2 Å². The van der Waals surface area contributed by atoms with Gasteiger partial charge in [-0.05, 0) is 18.2 Å². The molecule has 160 valence electrons. The molecule has 0 aliphatic carbocycles. The molecule has 0 bridgehead atoms. The van der Waals surface area contributed by atoms with Crippen molar-refractivity contribution in [3.05, 3.63) is 36.5 Å². The van der Waals surface area contributed by atoms with Gasteiger partial charge in [0.05, 0.1) is 22.5 Å². The Morgan fingerprint density at radius 3 is 2.67 bits per heavy atom. The summed E-state index contributed by atoms with van der Waals surface area (Å²) < 4.78 is 65.5. The van der Waals surface area contributed by atoms with Crippen molar-refractivity contribution in [1.82, 2.24) is 15.3 Å². The molecule has 0 fully saturated rings. The molecule has 0 aliphatic rings. The van der Waals surface area contributed by atoms with E-state index in [1.807, 2.05) is 0 Å². The summed E-state index contributed by atoms with van der Waals surface area (Å²) in [4.78, 5) is 20.0. The number of aliphatic hydroxyl groups excluding tert-OH is 1. The van der Waals surface area contributed by atoms with E-state index in [2.05, 4.69) is 24.8 Å². The lowest BCUT2D eigenvalue weighted by Gasteiger charge is -2.11. The molecule has 2 amide bonds. The zero-order valence-corrected chi connectivity index (χ0v) is 16.4. The van der Waals surface area contributed by atoms with Crippen molar-refractivity contribution >= 4 is 42.8 Å². The lowest BCUT2D eigenvalue weighted by atomic mass is 10.1. The van der Waals surface area contributed by atoms with E-state index in [-0.39, 0.29) is 29.4 Å². The number of aliphatic hydroxyl groups is 1. The number of alkyl halides is 3. The molecular formula is C16H13F3N4O5S2. The zero-order chi connectivity index (χ0) is 21.9. The average Bonchev–Trinajstić information content (AvgIpc) is 3.07. The first kappa shape index (κ1) is 21.7. The third kappa shape index (κ3) is 4.77.